The third kappa shape index (κ3) is 5.08. The highest BCUT2D eigenvalue weighted by Crippen LogP contribution is 2.31. The zero-order chi connectivity index (χ0) is 20.9. The van der Waals surface area contributed by atoms with Gasteiger partial charge in [-0.05, 0) is 49.1 Å². The van der Waals surface area contributed by atoms with Crippen LogP contribution in [0.15, 0.2) is 55.0 Å². The Morgan fingerprint density at radius 3 is 2.77 bits per heavy atom. The molecular weight excluding hydrogens is 387 g/mol. The van der Waals surface area contributed by atoms with Crippen LogP contribution in [-0.4, -0.2) is 38.7 Å². The predicted octanol–water partition coefficient (Wildman–Crippen LogP) is 3.57. The van der Waals surface area contributed by atoms with Crippen LogP contribution in [0.3, 0.4) is 0 Å². The molecule has 0 amide bonds. The molecule has 2 heterocycles. The Kier molecular flexibility index (Phi) is 5.83. The summed E-state index contributed by atoms with van der Waals surface area (Å²) in [6.45, 7) is 0.532. The van der Waals surface area contributed by atoms with Gasteiger partial charge in [-0.2, -0.15) is 0 Å². The zero-order valence-corrected chi connectivity index (χ0v) is 16.2. The maximum absolute atomic E-state index is 14.4. The number of benzene rings is 1. The molecule has 0 aliphatic heterocycles. The van der Waals surface area contributed by atoms with Crippen LogP contribution in [0.4, 0.5) is 10.2 Å². The fraction of sp³-hybridized carbons (Fsp3) is 0.273. The number of nitrogens with one attached hydrogen (secondary N) is 1. The second kappa shape index (κ2) is 8.86. The molecule has 2 aromatic heterocycles. The van der Waals surface area contributed by atoms with Gasteiger partial charge in [-0.15, -0.1) is 0 Å². The molecule has 30 heavy (non-hydrogen) atoms. The van der Waals surface area contributed by atoms with Gasteiger partial charge in [0.25, 0.3) is 0 Å². The minimum Gasteiger partial charge on any atom is -0.490 e. The van der Waals surface area contributed by atoms with Crippen LogP contribution in [0.1, 0.15) is 18.5 Å². The van der Waals surface area contributed by atoms with Gasteiger partial charge in [-0.25, -0.2) is 19.2 Å². The molecule has 0 saturated heterocycles. The summed E-state index contributed by atoms with van der Waals surface area (Å²) in [5.74, 6) is -0.395. The number of anilines is 1. The molecule has 1 unspecified atom stereocenters. The summed E-state index contributed by atoms with van der Waals surface area (Å²) in [5, 5.41) is 12.4. The standard InChI is InChI=1S/C22H21FN4O3/c23-17-9-15(6-7-20(17)30-12-14-4-5-14)18-11-21(26-13-25-18)27-19(22(28)29)10-16-3-1-2-8-24-16/h1-3,6-9,11,13-14,19H,4-5,10,12H2,(H,28,29)(H,25,26,27). The Balaban J connectivity index is 1.48. The van der Waals surface area contributed by atoms with Crippen LogP contribution in [0, 0.1) is 11.7 Å². The van der Waals surface area contributed by atoms with Gasteiger partial charge < -0.3 is 15.2 Å². The van der Waals surface area contributed by atoms with Crippen molar-refractivity contribution in [2.75, 3.05) is 11.9 Å². The molecule has 1 saturated carbocycles. The van der Waals surface area contributed by atoms with Crippen molar-refractivity contribution < 1.29 is 19.0 Å². The first-order valence-corrected chi connectivity index (χ1v) is 9.72. The van der Waals surface area contributed by atoms with Gasteiger partial charge in [0, 0.05) is 29.9 Å². The van der Waals surface area contributed by atoms with E-state index in [0.717, 1.165) is 12.8 Å². The molecule has 0 bridgehead atoms. The van der Waals surface area contributed by atoms with Crippen molar-refractivity contribution in [1.82, 2.24) is 15.0 Å². The maximum Gasteiger partial charge on any atom is 0.326 e. The van der Waals surface area contributed by atoms with E-state index in [1.54, 1.807) is 42.6 Å². The highest BCUT2D eigenvalue weighted by molar-refractivity contribution is 5.77. The lowest BCUT2D eigenvalue weighted by Crippen LogP contribution is -2.32. The lowest BCUT2D eigenvalue weighted by molar-refractivity contribution is -0.137. The van der Waals surface area contributed by atoms with E-state index in [1.807, 2.05) is 0 Å². The van der Waals surface area contributed by atoms with Crippen molar-refractivity contribution in [2.45, 2.75) is 25.3 Å². The molecule has 0 radical (unpaired) electrons. The molecule has 1 fully saturated rings. The molecule has 2 N–H and O–H groups in total. The lowest BCUT2D eigenvalue weighted by Gasteiger charge is -2.15. The van der Waals surface area contributed by atoms with Crippen molar-refractivity contribution >= 4 is 11.8 Å². The largest absolute Gasteiger partial charge is 0.490 e. The van der Waals surface area contributed by atoms with Crippen molar-refractivity contribution in [3.8, 4) is 17.0 Å². The Bertz CT molecular complexity index is 1030. The number of hydrogen-bond acceptors (Lipinski definition) is 6. The van der Waals surface area contributed by atoms with Gasteiger partial charge in [0.05, 0.1) is 12.3 Å². The lowest BCUT2D eigenvalue weighted by atomic mass is 10.1. The van der Waals surface area contributed by atoms with Gasteiger partial charge in [-0.3, -0.25) is 4.98 Å². The summed E-state index contributed by atoms with van der Waals surface area (Å²) >= 11 is 0. The van der Waals surface area contributed by atoms with Gasteiger partial charge >= 0.3 is 5.97 Å². The SMILES string of the molecule is O=C(O)C(Cc1ccccn1)Nc1cc(-c2ccc(OCC3CC3)c(F)c2)ncn1. The number of carbonyl (C=O) groups is 1. The minimum absolute atomic E-state index is 0.192. The summed E-state index contributed by atoms with van der Waals surface area (Å²) < 4.78 is 19.9. The highest BCUT2D eigenvalue weighted by atomic mass is 19.1. The summed E-state index contributed by atoms with van der Waals surface area (Å²) in [7, 11) is 0. The number of ether oxygens (including phenoxy) is 1. The van der Waals surface area contributed by atoms with Crippen LogP contribution >= 0.6 is 0 Å². The third-order valence-electron chi connectivity index (χ3n) is 4.83. The fourth-order valence-electron chi connectivity index (χ4n) is 2.97. The monoisotopic (exact) mass is 408 g/mol. The van der Waals surface area contributed by atoms with Gasteiger partial charge in [0.1, 0.15) is 18.2 Å². The smallest absolute Gasteiger partial charge is 0.326 e. The summed E-state index contributed by atoms with van der Waals surface area (Å²) in [6, 6.07) is 10.7. The summed E-state index contributed by atoms with van der Waals surface area (Å²) in [4.78, 5) is 24.1. The number of carboxylic acids is 1. The third-order valence-corrected chi connectivity index (χ3v) is 4.83. The van der Waals surface area contributed by atoms with Crippen molar-refractivity contribution in [2.24, 2.45) is 5.92 Å². The molecule has 3 aromatic rings. The number of carboxylic acid groups (broad SMARTS) is 1. The predicted molar refractivity (Wildman–Crippen MR) is 109 cm³/mol. The van der Waals surface area contributed by atoms with E-state index >= 15 is 0 Å². The maximum atomic E-state index is 14.4. The van der Waals surface area contributed by atoms with E-state index in [1.165, 1.54) is 12.4 Å². The van der Waals surface area contributed by atoms with Crippen LogP contribution in [0.25, 0.3) is 11.3 Å². The average molecular weight is 408 g/mol. The molecule has 4 rings (SSSR count). The second-order valence-corrected chi connectivity index (χ2v) is 7.25. The molecule has 8 heteroatoms. The number of aliphatic carboxylic acids is 1. The molecule has 1 aromatic carbocycles. The van der Waals surface area contributed by atoms with Crippen molar-refractivity contribution in [1.29, 1.82) is 0 Å². The Labute approximate surface area is 173 Å². The molecule has 154 valence electrons. The Hall–Kier alpha value is -3.55. The Morgan fingerprint density at radius 2 is 2.07 bits per heavy atom. The van der Waals surface area contributed by atoms with Crippen LogP contribution in [0.2, 0.25) is 0 Å². The molecular formula is C22H21FN4O3. The van der Waals surface area contributed by atoms with Crippen LogP contribution in [-0.2, 0) is 11.2 Å². The number of rotatable bonds is 9. The fourth-order valence-corrected chi connectivity index (χ4v) is 2.97. The average Bonchev–Trinajstić information content (AvgIpc) is 3.58. The normalized spacial score (nSPS) is 14.2. The first kappa shape index (κ1) is 19.8. The minimum atomic E-state index is -1.02. The van der Waals surface area contributed by atoms with Crippen molar-refractivity contribution in [3.05, 3.63) is 66.5 Å². The molecule has 1 aliphatic carbocycles. The van der Waals surface area contributed by atoms with E-state index in [0.29, 0.717) is 35.3 Å². The van der Waals surface area contributed by atoms with Crippen LogP contribution in [0.5, 0.6) is 5.75 Å². The van der Waals surface area contributed by atoms with E-state index in [2.05, 4.69) is 20.3 Å². The van der Waals surface area contributed by atoms with Gasteiger partial charge in [0.15, 0.2) is 11.6 Å². The first-order chi connectivity index (χ1) is 14.6. The Morgan fingerprint density at radius 1 is 1.20 bits per heavy atom. The molecule has 7 nitrogen and oxygen atoms in total. The van der Waals surface area contributed by atoms with E-state index in [-0.39, 0.29) is 12.2 Å². The van der Waals surface area contributed by atoms with E-state index < -0.39 is 17.8 Å². The van der Waals surface area contributed by atoms with Crippen LogP contribution < -0.4 is 10.1 Å². The number of pyridine rings is 1. The van der Waals surface area contributed by atoms with E-state index in [9.17, 15) is 14.3 Å². The second-order valence-electron chi connectivity index (χ2n) is 7.25. The number of nitrogens with zero attached hydrogens (tertiary/aromatic N) is 3. The summed E-state index contributed by atoms with van der Waals surface area (Å²) in [5.41, 5.74) is 1.67. The highest BCUT2D eigenvalue weighted by Gasteiger charge is 2.23. The van der Waals surface area contributed by atoms with E-state index in [4.69, 9.17) is 4.74 Å². The molecule has 1 aliphatic rings. The molecule has 0 spiro atoms. The topological polar surface area (TPSA) is 97.2 Å². The number of halogens is 1. The summed E-state index contributed by atoms with van der Waals surface area (Å²) in [6.07, 6.45) is 5.38. The zero-order valence-electron chi connectivity index (χ0n) is 16.2. The molecule has 1 atom stereocenters. The van der Waals surface area contributed by atoms with Gasteiger partial charge in [0.2, 0.25) is 0 Å². The van der Waals surface area contributed by atoms with Crippen molar-refractivity contribution in [3.63, 3.8) is 0 Å². The number of aromatic nitrogens is 3. The quantitative estimate of drug-likeness (QED) is 0.559. The first-order valence-electron chi connectivity index (χ1n) is 9.72. The number of hydrogen-bond donors (Lipinski definition) is 2. The van der Waals surface area contributed by atoms with Gasteiger partial charge in [-0.1, -0.05) is 6.07 Å².